The number of piperazine rings is 1. The molecule has 1 saturated heterocycles. The Balaban J connectivity index is 1.59. The van der Waals surface area contributed by atoms with E-state index in [2.05, 4.69) is 32.3 Å². The number of hydrogen-bond acceptors (Lipinski definition) is 7. The number of para-hydroxylation sites is 1. The molecule has 8 nitrogen and oxygen atoms in total. The van der Waals surface area contributed by atoms with Gasteiger partial charge in [-0.1, -0.05) is 47.5 Å². The molecule has 0 aliphatic carbocycles. The van der Waals surface area contributed by atoms with Crippen molar-refractivity contribution in [3.8, 4) is 0 Å². The summed E-state index contributed by atoms with van der Waals surface area (Å²) >= 11 is 12.3. The first-order chi connectivity index (χ1) is 14.5. The molecule has 10 heteroatoms. The van der Waals surface area contributed by atoms with E-state index in [0.717, 1.165) is 18.8 Å². The Bertz CT molecular complexity index is 1060. The van der Waals surface area contributed by atoms with Crippen molar-refractivity contribution in [1.82, 2.24) is 9.97 Å². The van der Waals surface area contributed by atoms with Crippen LogP contribution in [0.2, 0.25) is 10.0 Å². The van der Waals surface area contributed by atoms with Crippen LogP contribution < -0.4 is 15.1 Å². The molecule has 0 saturated carbocycles. The number of nitro groups is 1. The first-order valence-electron chi connectivity index (χ1n) is 9.30. The minimum atomic E-state index is -0.473. The molecule has 0 radical (unpaired) electrons. The molecule has 1 N–H and O–H groups in total. The van der Waals surface area contributed by atoms with E-state index >= 15 is 0 Å². The number of benzene rings is 2. The Morgan fingerprint density at radius 1 is 0.933 bits per heavy atom. The van der Waals surface area contributed by atoms with Gasteiger partial charge in [-0.3, -0.25) is 10.1 Å². The first-order valence-corrected chi connectivity index (χ1v) is 10.1. The van der Waals surface area contributed by atoms with Crippen LogP contribution in [0.4, 0.5) is 28.7 Å². The predicted molar refractivity (Wildman–Crippen MR) is 119 cm³/mol. The van der Waals surface area contributed by atoms with Crippen LogP contribution in [0.15, 0.2) is 54.9 Å². The van der Waals surface area contributed by atoms with E-state index in [0.29, 0.717) is 23.8 Å². The molecular formula is C20H18Cl2N6O2. The van der Waals surface area contributed by atoms with Gasteiger partial charge in [0.15, 0.2) is 0 Å². The van der Waals surface area contributed by atoms with Gasteiger partial charge in [0.25, 0.3) is 0 Å². The summed E-state index contributed by atoms with van der Waals surface area (Å²) in [6.45, 7) is 2.66. The molecule has 4 rings (SSSR count). The Kier molecular flexibility index (Phi) is 5.87. The maximum Gasteiger partial charge on any atom is 0.353 e. The molecule has 2 aromatic carbocycles. The Labute approximate surface area is 183 Å². The van der Waals surface area contributed by atoms with E-state index in [9.17, 15) is 10.1 Å². The van der Waals surface area contributed by atoms with Crippen LogP contribution in [0.5, 0.6) is 0 Å². The van der Waals surface area contributed by atoms with Gasteiger partial charge in [0.1, 0.15) is 6.33 Å². The molecule has 2 heterocycles. The van der Waals surface area contributed by atoms with E-state index in [1.165, 1.54) is 6.33 Å². The predicted octanol–water partition coefficient (Wildman–Crippen LogP) is 4.76. The summed E-state index contributed by atoms with van der Waals surface area (Å²) in [5, 5.41) is 15.4. The van der Waals surface area contributed by atoms with E-state index < -0.39 is 4.92 Å². The smallest absolute Gasteiger partial charge is 0.353 e. The van der Waals surface area contributed by atoms with Crippen molar-refractivity contribution in [2.24, 2.45) is 0 Å². The zero-order chi connectivity index (χ0) is 21.1. The second kappa shape index (κ2) is 8.73. The van der Waals surface area contributed by atoms with Gasteiger partial charge in [0.05, 0.1) is 20.7 Å². The third-order valence-corrected chi connectivity index (χ3v) is 5.71. The number of hydrogen-bond donors (Lipinski definition) is 1. The van der Waals surface area contributed by atoms with Gasteiger partial charge >= 0.3 is 5.69 Å². The quantitative estimate of drug-likeness (QED) is 0.448. The van der Waals surface area contributed by atoms with Crippen LogP contribution >= 0.6 is 23.2 Å². The molecule has 154 valence electrons. The van der Waals surface area contributed by atoms with Crippen molar-refractivity contribution >= 4 is 51.9 Å². The molecule has 30 heavy (non-hydrogen) atoms. The van der Waals surface area contributed by atoms with Gasteiger partial charge in [-0.05, 0) is 24.3 Å². The van der Waals surface area contributed by atoms with Crippen molar-refractivity contribution in [1.29, 1.82) is 0 Å². The second-order valence-corrected chi connectivity index (χ2v) is 7.47. The summed E-state index contributed by atoms with van der Waals surface area (Å²) in [6.07, 6.45) is 1.31. The first kappa shape index (κ1) is 20.2. The Morgan fingerprint density at radius 2 is 1.63 bits per heavy atom. The summed E-state index contributed by atoms with van der Waals surface area (Å²) in [5.41, 5.74) is 1.37. The van der Waals surface area contributed by atoms with Gasteiger partial charge < -0.3 is 15.1 Å². The van der Waals surface area contributed by atoms with Crippen molar-refractivity contribution in [2.75, 3.05) is 41.3 Å². The zero-order valence-corrected chi connectivity index (χ0v) is 17.3. The molecule has 0 amide bonds. The molecule has 1 aliphatic heterocycles. The number of nitrogens with zero attached hydrogens (tertiary/aromatic N) is 5. The monoisotopic (exact) mass is 444 g/mol. The van der Waals surface area contributed by atoms with Gasteiger partial charge in [0, 0.05) is 31.9 Å². The lowest BCUT2D eigenvalue weighted by Gasteiger charge is -2.36. The standard InChI is InChI=1S/C20H18Cl2N6O2/c21-15-7-4-8-16(17(15)22)25-19-18(28(29)30)20(24-13-23-19)27-11-9-26(10-12-27)14-5-2-1-3-6-14/h1-8,13H,9-12H2,(H,23,24,25). The lowest BCUT2D eigenvalue weighted by atomic mass is 10.2. The second-order valence-electron chi connectivity index (χ2n) is 6.69. The maximum absolute atomic E-state index is 11.9. The van der Waals surface area contributed by atoms with Crippen LogP contribution in [0.25, 0.3) is 0 Å². The number of aromatic nitrogens is 2. The fourth-order valence-corrected chi connectivity index (χ4v) is 3.75. The molecule has 0 atom stereocenters. The average Bonchev–Trinajstić information content (AvgIpc) is 2.77. The van der Waals surface area contributed by atoms with Crippen LogP contribution in [0.1, 0.15) is 0 Å². The van der Waals surface area contributed by atoms with Crippen molar-refractivity contribution in [2.45, 2.75) is 0 Å². The normalized spacial score (nSPS) is 13.9. The molecule has 1 aliphatic rings. The largest absolute Gasteiger partial charge is 0.368 e. The summed E-state index contributed by atoms with van der Waals surface area (Å²) in [5.74, 6) is 0.350. The van der Waals surface area contributed by atoms with Crippen molar-refractivity contribution in [3.05, 3.63) is 75.0 Å². The number of halogens is 2. The van der Waals surface area contributed by atoms with Gasteiger partial charge in [0.2, 0.25) is 11.6 Å². The highest BCUT2D eigenvalue weighted by molar-refractivity contribution is 6.43. The van der Waals surface area contributed by atoms with Gasteiger partial charge in [-0.15, -0.1) is 0 Å². The maximum atomic E-state index is 11.9. The molecule has 0 bridgehead atoms. The average molecular weight is 445 g/mol. The Hall–Kier alpha value is -3.10. The topological polar surface area (TPSA) is 87.4 Å². The third-order valence-electron chi connectivity index (χ3n) is 4.89. The molecule has 0 spiro atoms. The highest BCUT2D eigenvalue weighted by Crippen LogP contribution is 2.37. The van der Waals surface area contributed by atoms with E-state index in [1.54, 1.807) is 18.2 Å². The van der Waals surface area contributed by atoms with E-state index in [1.807, 2.05) is 23.1 Å². The number of anilines is 4. The van der Waals surface area contributed by atoms with Crippen molar-refractivity contribution < 1.29 is 4.92 Å². The fraction of sp³-hybridized carbons (Fsp3) is 0.200. The highest BCUT2D eigenvalue weighted by Gasteiger charge is 2.29. The number of rotatable bonds is 5. The highest BCUT2D eigenvalue weighted by atomic mass is 35.5. The van der Waals surface area contributed by atoms with Crippen LogP contribution in [0.3, 0.4) is 0 Å². The fourth-order valence-electron chi connectivity index (χ4n) is 3.40. The molecule has 1 fully saturated rings. The lowest BCUT2D eigenvalue weighted by molar-refractivity contribution is -0.383. The zero-order valence-electron chi connectivity index (χ0n) is 15.8. The summed E-state index contributed by atoms with van der Waals surface area (Å²) < 4.78 is 0. The minimum absolute atomic E-state index is 0.0691. The summed E-state index contributed by atoms with van der Waals surface area (Å²) in [6, 6.07) is 15.1. The molecule has 3 aromatic rings. The van der Waals surface area contributed by atoms with Gasteiger partial charge in [-0.25, -0.2) is 9.97 Å². The minimum Gasteiger partial charge on any atom is -0.368 e. The Morgan fingerprint density at radius 3 is 2.33 bits per heavy atom. The third kappa shape index (κ3) is 4.10. The van der Waals surface area contributed by atoms with Crippen LogP contribution in [0, 0.1) is 10.1 Å². The van der Waals surface area contributed by atoms with Crippen LogP contribution in [-0.2, 0) is 0 Å². The molecular weight excluding hydrogens is 427 g/mol. The SMILES string of the molecule is O=[N+]([O-])c1c(Nc2cccc(Cl)c2Cl)ncnc1N1CCN(c2ccccc2)CC1. The lowest BCUT2D eigenvalue weighted by Crippen LogP contribution is -2.47. The van der Waals surface area contributed by atoms with E-state index in [4.69, 9.17) is 23.2 Å². The molecule has 1 aromatic heterocycles. The van der Waals surface area contributed by atoms with Crippen molar-refractivity contribution in [3.63, 3.8) is 0 Å². The number of nitrogens with one attached hydrogen (secondary N) is 1. The molecule has 0 unspecified atom stereocenters. The van der Waals surface area contributed by atoms with E-state index in [-0.39, 0.29) is 22.3 Å². The summed E-state index contributed by atoms with van der Waals surface area (Å²) in [4.78, 5) is 23.9. The summed E-state index contributed by atoms with van der Waals surface area (Å²) in [7, 11) is 0. The van der Waals surface area contributed by atoms with Gasteiger partial charge in [-0.2, -0.15) is 0 Å². The van der Waals surface area contributed by atoms with Crippen LogP contribution in [-0.4, -0.2) is 41.1 Å².